The minimum Gasteiger partial charge on any atom is -0.206 e. The number of rotatable bonds is 1. The Morgan fingerprint density at radius 1 is 1.27 bits per heavy atom. The maximum absolute atomic E-state index is 12.9. The Kier molecular flexibility index (Phi) is 3.54. The van der Waals surface area contributed by atoms with Crippen molar-refractivity contribution in [2.45, 2.75) is 13.3 Å². The fourth-order valence-electron chi connectivity index (χ4n) is 0.835. The normalized spacial score (nSPS) is 10.2. The van der Waals surface area contributed by atoms with Gasteiger partial charge in [-0.25, -0.2) is 4.39 Å². The lowest BCUT2D eigenvalue weighted by Gasteiger charge is -2.02. The van der Waals surface area contributed by atoms with Crippen LogP contribution in [0.5, 0.6) is 0 Å². The largest absolute Gasteiger partial charge is 0.206 e. The molecule has 0 saturated carbocycles. The number of aryl methyl sites for hydroxylation is 1. The van der Waals surface area contributed by atoms with Gasteiger partial charge >= 0.3 is 0 Å². The molecular formula is C8H7FI2. The molecule has 0 N–H and O–H groups in total. The third kappa shape index (κ3) is 2.27. The molecule has 0 fully saturated rings. The highest BCUT2D eigenvalue weighted by atomic mass is 127. The van der Waals surface area contributed by atoms with Gasteiger partial charge in [-0.3, -0.25) is 0 Å². The van der Waals surface area contributed by atoms with E-state index in [9.17, 15) is 4.39 Å². The molecule has 0 nitrogen and oxygen atoms in total. The zero-order valence-electron chi connectivity index (χ0n) is 6.00. The lowest BCUT2D eigenvalue weighted by molar-refractivity contribution is 0.618. The molecule has 11 heavy (non-hydrogen) atoms. The van der Waals surface area contributed by atoms with Crippen LogP contribution in [0.4, 0.5) is 4.39 Å². The first-order valence-corrected chi connectivity index (χ1v) is 5.44. The molecule has 0 amide bonds. The van der Waals surface area contributed by atoms with Gasteiger partial charge in [0.25, 0.3) is 0 Å². The van der Waals surface area contributed by atoms with Crippen LogP contribution in [0, 0.1) is 13.0 Å². The Morgan fingerprint density at radius 2 is 1.91 bits per heavy atom. The van der Waals surface area contributed by atoms with Crippen molar-refractivity contribution in [1.29, 1.82) is 0 Å². The monoisotopic (exact) mass is 376 g/mol. The molecule has 1 aromatic carbocycles. The molecular weight excluding hydrogens is 369 g/mol. The minimum atomic E-state index is -0.118. The molecule has 0 radical (unpaired) electrons. The summed E-state index contributed by atoms with van der Waals surface area (Å²) in [7, 11) is 0. The van der Waals surface area contributed by atoms with Crippen molar-refractivity contribution in [2.75, 3.05) is 0 Å². The van der Waals surface area contributed by atoms with E-state index in [1.165, 1.54) is 5.56 Å². The lowest BCUT2D eigenvalue weighted by atomic mass is 10.2. The molecule has 0 unspecified atom stereocenters. The predicted octanol–water partition coefficient (Wildman–Crippen LogP) is 3.60. The number of halogens is 3. The van der Waals surface area contributed by atoms with Crippen molar-refractivity contribution in [3.8, 4) is 0 Å². The average molecular weight is 376 g/mol. The van der Waals surface area contributed by atoms with Crippen molar-refractivity contribution in [1.82, 2.24) is 0 Å². The number of hydrogen-bond donors (Lipinski definition) is 0. The van der Waals surface area contributed by atoms with Crippen molar-refractivity contribution >= 4 is 45.2 Å². The summed E-state index contributed by atoms with van der Waals surface area (Å²) >= 11 is 4.17. The standard InChI is InChI=1S/C8H7FI2/c1-2-5-3-8(11)6(9)4-7(5)10/h3-4H,2H2,1H3. The van der Waals surface area contributed by atoms with E-state index in [4.69, 9.17) is 0 Å². The van der Waals surface area contributed by atoms with E-state index in [0.717, 1.165) is 9.99 Å². The van der Waals surface area contributed by atoms with Crippen LogP contribution in [0.1, 0.15) is 12.5 Å². The molecule has 0 spiro atoms. The summed E-state index contributed by atoms with van der Waals surface area (Å²) in [6.07, 6.45) is 0.967. The smallest absolute Gasteiger partial charge is 0.137 e. The van der Waals surface area contributed by atoms with E-state index >= 15 is 0 Å². The van der Waals surface area contributed by atoms with Gasteiger partial charge in [0, 0.05) is 7.14 Å². The van der Waals surface area contributed by atoms with E-state index < -0.39 is 0 Å². The predicted molar refractivity (Wildman–Crippen MR) is 61.2 cm³/mol. The van der Waals surface area contributed by atoms with Crippen LogP contribution in [0.2, 0.25) is 0 Å². The van der Waals surface area contributed by atoms with Gasteiger partial charge in [0.1, 0.15) is 5.82 Å². The van der Waals surface area contributed by atoms with Crippen LogP contribution in [0.3, 0.4) is 0 Å². The first-order valence-electron chi connectivity index (χ1n) is 3.28. The van der Waals surface area contributed by atoms with Gasteiger partial charge in [0.15, 0.2) is 0 Å². The molecule has 0 aliphatic rings. The quantitative estimate of drug-likeness (QED) is 0.519. The molecule has 1 aromatic rings. The molecule has 60 valence electrons. The lowest BCUT2D eigenvalue weighted by Crippen LogP contribution is -1.90. The summed E-state index contributed by atoms with van der Waals surface area (Å²) in [5.41, 5.74) is 1.22. The Labute approximate surface area is 92.9 Å². The number of hydrogen-bond acceptors (Lipinski definition) is 0. The fraction of sp³-hybridized carbons (Fsp3) is 0.250. The molecule has 0 saturated heterocycles. The van der Waals surface area contributed by atoms with Crippen LogP contribution in [-0.4, -0.2) is 0 Å². The molecule has 0 aliphatic carbocycles. The topological polar surface area (TPSA) is 0 Å². The van der Waals surface area contributed by atoms with E-state index in [-0.39, 0.29) is 5.82 Å². The summed E-state index contributed by atoms with van der Waals surface area (Å²) in [4.78, 5) is 0. The van der Waals surface area contributed by atoms with Gasteiger partial charge in [-0.05, 0) is 69.3 Å². The highest BCUT2D eigenvalue weighted by molar-refractivity contribution is 14.1. The molecule has 0 atom stereocenters. The van der Waals surface area contributed by atoms with Gasteiger partial charge in [0.2, 0.25) is 0 Å². The van der Waals surface area contributed by atoms with E-state index in [1.54, 1.807) is 6.07 Å². The molecule has 0 heterocycles. The minimum absolute atomic E-state index is 0.118. The summed E-state index contributed by atoms with van der Waals surface area (Å²) < 4.78 is 14.6. The highest BCUT2D eigenvalue weighted by Gasteiger charge is 2.03. The molecule has 0 aromatic heterocycles. The van der Waals surface area contributed by atoms with E-state index in [1.807, 2.05) is 28.7 Å². The van der Waals surface area contributed by atoms with Gasteiger partial charge in [-0.2, -0.15) is 0 Å². The van der Waals surface area contributed by atoms with Crippen molar-refractivity contribution in [2.24, 2.45) is 0 Å². The van der Waals surface area contributed by atoms with Gasteiger partial charge in [-0.1, -0.05) is 6.92 Å². The summed E-state index contributed by atoms with van der Waals surface area (Å²) in [5, 5.41) is 0. The second kappa shape index (κ2) is 4.02. The zero-order valence-corrected chi connectivity index (χ0v) is 10.3. The van der Waals surface area contributed by atoms with Crippen molar-refractivity contribution in [3.05, 3.63) is 30.7 Å². The Morgan fingerprint density at radius 3 is 2.45 bits per heavy atom. The van der Waals surface area contributed by atoms with Crippen LogP contribution in [0.25, 0.3) is 0 Å². The van der Waals surface area contributed by atoms with E-state index in [2.05, 4.69) is 29.5 Å². The average Bonchev–Trinajstić information content (AvgIpc) is 1.97. The maximum atomic E-state index is 12.9. The SMILES string of the molecule is CCc1cc(I)c(F)cc1I. The second-order valence-electron chi connectivity index (χ2n) is 2.21. The Hall–Kier alpha value is 0.610. The summed E-state index contributed by atoms with van der Waals surface area (Å²) in [6.45, 7) is 2.07. The van der Waals surface area contributed by atoms with Gasteiger partial charge < -0.3 is 0 Å². The van der Waals surface area contributed by atoms with Crippen molar-refractivity contribution < 1.29 is 4.39 Å². The van der Waals surface area contributed by atoms with Gasteiger partial charge in [0.05, 0.1) is 0 Å². The van der Waals surface area contributed by atoms with Gasteiger partial charge in [-0.15, -0.1) is 0 Å². The first-order chi connectivity index (χ1) is 5.15. The van der Waals surface area contributed by atoms with Crippen LogP contribution in [0.15, 0.2) is 12.1 Å². The zero-order chi connectivity index (χ0) is 8.43. The Balaban J connectivity index is 3.21. The summed E-state index contributed by atoms with van der Waals surface area (Å²) in [6, 6.07) is 3.48. The molecule has 3 heteroatoms. The van der Waals surface area contributed by atoms with Crippen molar-refractivity contribution in [3.63, 3.8) is 0 Å². The van der Waals surface area contributed by atoms with Crippen LogP contribution in [-0.2, 0) is 6.42 Å². The Bertz CT molecular complexity index is 271. The van der Waals surface area contributed by atoms with E-state index in [0.29, 0.717) is 3.57 Å². The third-order valence-corrected chi connectivity index (χ3v) is 3.30. The van der Waals surface area contributed by atoms with Crippen LogP contribution >= 0.6 is 45.2 Å². The fourth-order valence-corrected chi connectivity index (χ4v) is 2.18. The molecule has 0 bridgehead atoms. The molecule has 1 rings (SSSR count). The molecule has 0 aliphatic heterocycles. The highest BCUT2D eigenvalue weighted by Crippen LogP contribution is 2.19. The summed E-state index contributed by atoms with van der Waals surface area (Å²) in [5.74, 6) is -0.118. The first kappa shape index (κ1) is 9.70. The van der Waals surface area contributed by atoms with Crippen LogP contribution < -0.4 is 0 Å². The third-order valence-electron chi connectivity index (χ3n) is 1.47. The maximum Gasteiger partial charge on any atom is 0.137 e. The number of benzene rings is 1. The second-order valence-corrected chi connectivity index (χ2v) is 4.54.